The number of benzene rings is 2. The van der Waals surface area contributed by atoms with Gasteiger partial charge >= 0.3 is 5.97 Å². The Morgan fingerprint density at radius 3 is 2.24 bits per heavy atom. The predicted molar refractivity (Wildman–Crippen MR) is 79.5 cm³/mol. The molecule has 0 unspecified atom stereocenters. The fourth-order valence-corrected chi connectivity index (χ4v) is 1.94. The number of carboxylic acids is 1. The van der Waals surface area contributed by atoms with Gasteiger partial charge in [0.1, 0.15) is 5.75 Å². The SMILES string of the molecule is O=C(O)c1ccc(Cl)c(NC(=O)c2ccc(O)c(Cl)c2)c1. The number of carbonyl (C=O) groups excluding carboxylic acids is 1. The number of carboxylic acid groups (broad SMARTS) is 1. The first kappa shape index (κ1) is 15.2. The normalized spacial score (nSPS) is 10.2. The minimum atomic E-state index is -1.13. The monoisotopic (exact) mass is 325 g/mol. The maximum Gasteiger partial charge on any atom is 0.335 e. The van der Waals surface area contributed by atoms with Gasteiger partial charge in [-0.15, -0.1) is 0 Å². The lowest BCUT2D eigenvalue weighted by atomic mass is 10.1. The van der Waals surface area contributed by atoms with E-state index >= 15 is 0 Å². The Morgan fingerprint density at radius 2 is 1.62 bits per heavy atom. The van der Waals surface area contributed by atoms with Crippen molar-refractivity contribution in [2.24, 2.45) is 0 Å². The average Bonchev–Trinajstić information content (AvgIpc) is 2.43. The van der Waals surface area contributed by atoms with Gasteiger partial charge in [0.05, 0.1) is 21.3 Å². The number of phenolic OH excluding ortho intramolecular Hbond substituents is 1. The summed E-state index contributed by atoms with van der Waals surface area (Å²) in [6, 6.07) is 7.92. The van der Waals surface area contributed by atoms with Crippen molar-refractivity contribution in [2.75, 3.05) is 5.32 Å². The number of nitrogens with one attached hydrogen (secondary N) is 1. The maximum absolute atomic E-state index is 12.1. The lowest BCUT2D eigenvalue weighted by Gasteiger charge is -2.09. The molecule has 3 N–H and O–H groups in total. The molecule has 0 saturated heterocycles. The van der Waals surface area contributed by atoms with E-state index in [1.807, 2.05) is 0 Å². The lowest BCUT2D eigenvalue weighted by molar-refractivity contribution is 0.0696. The van der Waals surface area contributed by atoms with Crippen molar-refractivity contribution >= 4 is 40.8 Å². The first-order valence-electron chi connectivity index (χ1n) is 5.71. The number of phenols is 1. The Labute approximate surface area is 129 Å². The number of anilines is 1. The van der Waals surface area contributed by atoms with Gasteiger partial charge in [0.2, 0.25) is 0 Å². The molecule has 0 aliphatic rings. The number of halogens is 2. The van der Waals surface area contributed by atoms with Crippen LogP contribution in [0.1, 0.15) is 20.7 Å². The third kappa shape index (κ3) is 3.45. The molecule has 7 heteroatoms. The topological polar surface area (TPSA) is 86.6 Å². The zero-order valence-electron chi connectivity index (χ0n) is 10.4. The van der Waals surface area contributed by atoms with Gasteiger partial charge < -0.3 is 15.5 Å². The molecule has 0 saturated carbocycles. The van der Waals surface area contributed by atoms with Crippen molar-refractivity contribution in [1.29, 1.82) is 0 Å². The van der Waals surface area contributed by atoms with Crippen molar-refractivity contribution in [3.63, 3.8) is 0 Å². The van der Waals surface area contributed by atoms with E-state index in [4.69, 9.17) is 28.3 Å². The lowest BCUT2D eigenvalue weighted by Crippen LogP contribution is -2.12. The first-order chi connectivity index (χ1) is 9.88. The molecule has 0 aromatic heterocycles. The van der Waals surface area contributed by atoms with E-state index in [0.29, 0.717) is 0 Å². The standard InChI is InChI=1S/C14H9Cl2NO4/c15-9-3-1-8(14(20)21)6-11(9)17-13(19)7-2-4-12(18)10(16)5-7/h1-6,18H,(H,17,19)(H,20,21). The van der Waals surface area contributed by atoms with E-state index in [0.717, 1.165) is 0 Å². The number of amides is 1. The van der Waals surface area contributed by atoms with E-state index in [9.17, 15) is 14.7 Å². The second kappa shape index (κ2) is 6.03. The summed E-state index contributed by atoms with van der Waals surface area (Å²) in [6.45, 7) is 0. The number of hydrogen-bond donors (Lipinski definition) is 3. The second-order valence-electron chi connectivity index (χ2n) is 4.12. The van der Waals surface area contributed by atoms with Crippen molar-refractivity contribution in [3.8, 4) is 5.75 Å². The molecule has 21 heavy (non-hydrogen) atoms. The summed E-state index contributed by atoms with van der Waals surface area (Å²) in [6.07, 6.45) is 0. The van der Waals surface area contributed by atoms with Crippen molar-refractivity contribution in [3.05, 3.63) is 57.6 Å². The van der Waals surface area contributed by atoms with Crippen molar-refractivity contribution < 1.29 is 19.8 Å². The molecule has 0 fully saturated rings. The number of aromatic hydroxyl groups is 1. The number of carbonyl (C=O) groups is 2. The third-order valence-corrected chi connectivity index (χ3v) is 3.30. The second-order valence-corrected chi connectivity index (χ2v) is 4.93. The molecule has 0 heterocycles. The van der Waals surface area contributed by atoms with Gasteiger partial charge in [0.15, 0.2) is 0 Å². The predicted octanol–water partition coefficient (Wildman–Crippen LogP) is 3.65. The third-order valence-electron chi connectivity index (χ3n) is 2.67. The van der Waals surface area contributed by atoms with Crippen LogP contribution in [-0.4, -0.2) is 22.1 Å². The first-order valence-corrected chi connectivity index (χ1v) is 6.47. The quantitative estimate of drug-likeness (QED) is 0.803. The van der Waals surface area contributed by atoms with Gasteiger partial charge in [0, 0.05) is 5.56 Å². The summed E-state index contributed by atoms with van der Waals surface area (Å²) in [5.41, 5.74) is 0.374. The van der Waals surface area contributed by atoms with Crippen LogP contribution in [0, 0.1) is 0 Å². The van der Waals surface area contributed by atoms with Crippen LogP contribution in [0.25, 0.3) is 0 Å². The smallest absolute Gasteiger partial charge is 0.335 e. The Balaban J connectivity index is 2.28. The maximum atomic E-state index is 12.1. The Morgan fingerprint density at radius 1 is 0.952 bits per heavy atom. The van der Waals surface area contributed by atoms with Crippen LogP contribution in [-0.2, 0) is 0 Å². The summed E-state index contributed by atoms with van der Waals surface area (Å²) in [7, 11) is 0. The molecule has 0 atom stereocenters. The molecule has 2 aromatic rings. The Hall–Kier alpha value is -2.24. The molecular weight excluding hydrogens is 317 g/mol. The van der Waals surface area contributed by atoms with Gasteiger partial charge in [-0.05, 0) is 36.4 Å². The Bertz CT molecular complexity index is 731. The van der Waals surface area contributed by atoms with Gasteiger partial charge in [-0.25, -0.2) is 4.79 Å². The van der Waals surface area contributed by atoms with Crippen LogP contribution in [0.5, 0.6) is 5.75 Å². The Kier molecular flexibility index (Phi) is 4.35. The summed E-state index contributed by atoms with van der Waals surface area (Å²) in [5, 5.41) is 21.0. The highest BCUT2D eigenvalue weighted by molar-refractivity contribution is 6.34. The molecule has 1 amide bonds. The zero-order valence-corrected chi connectivity index (χ0v) is 11.9. The van der Waals surface area contributed by atoms with Crippen LogP contribution in [0.15, 0.2) is 36.4 Å². The van der Waals surface area contributed by atoms with E-state index < -0.39 is 11.9 Å². The van der Waals surface area contributed by atoms with Crippen LogP contribution in [0.3, 0.4) is 0 Å². The van der Waals surface area contributed by atoms with Crippen LogP contribution in [0.4, 0.5) is 5.69 Å². The number of rotatable bonds is 3. The van der Waals surface area contributed by atoms with Crippen molar-refractivity contribution in [1.82, 2.24) is 0 Å². The fraction of sp³-hybridized carbons (Fsp3) is 0. The molecule has 0 radical (unpaired) electrons. The van der Waals surface area contributed by atoms with Crippen molar-refractivity contribution in [2.45, 2.75) is 0 Å². The molecule has 0 bridgehead atoms. The van der Waals surface area contributed by atoms with Gasteiger partial charge in [-0.3, -0.25) is 4.79 Å². The molecule has 2 aromatic carbocycles. The average molecular weight is 326 g/mol. The number of hydrogen-bond acceptors (Lipinski definition) is 3. The van der Waals surface area contributed by atoms with Gasteiger partial charge in [-0.2, -0.15) is 0 Å². The van der Waals surface area contributed by atoms with E-state index in [2.05, 4.69) is 5.32 Å². The van der Waals surface area contributed by atoms with E-state index in [-0.39, 0.29) is 32.6 Å². The highest BCUT2D eigenvalue weighted by atomic mass is 35.5. The molecule has 0 spiro atoms. The fourth-order valence-electron chi connectivity index (χ4n) is 1.60. The molecule has 5 nitrogen and oxygen atoms in total. The van der Waals surface area contributed by atoms with E-state index in [1.54, 1.807) is 0 Å². The van der Waals surface area contributed by atoms with Crippen LogP contribution < -0.4 is 5.32 Å². The largest absolute Gasteiger partial charge is 0.506 e. The summed E-state index contributed by atoms with van der Waals surface area (Å²) >= 11 is 11.6. The minimum absolute atomic E-state index is 0.00145. The molecule has 2 rings (SSSR count). The molecular formula is C14H9Cl2NO4. The summed E-state index contributed by atoms with van der Waals surface area (Å²) in [4.78, 5) is 23.0. The molecule has 108 valence electrons. The van der Waals surface area contributed by atoms with Crippen LogP contribution >= 0.6 is 23.2 Å². The zero-order chi connectivity index (χ0) is 15.6. The highest BCUT2D eigenvalue weighted by Gasteiger charge is 2.12. The number of aromatic carboxylic acids is 1. The summed E-state index contributed by atoms with van der Waals surface area (Å²) < 4.78 is 0. The molecule has 0 aliphatic carbocycles. The summed E-state index contributed by atoms with van der Waals surface area (Å²) in [5.74, 6) is -1.80. The minimum Gasteiger partial charge on any atom is -0.506 e. The van der Waals surface area contributed by atoms with E-state index in [1.165, 1.54) is 36.4 Å². The van der Waals surface area contributed by atoms with Gasteiger partial charge in [-0.1, -0.05) is 23.2 Å². The molecule has 0 aliphatic heterocycles. The van der Waals surface area contributed by atoms with Gasteiger partial charge in [0.25, 0.3) is 5.91 Å². The highest BCUT2D eigenvalue weighted by Crippen LogP contribution is 2.26. The van der Waals surface area contributed by atoms with Crippen LogP contribution in [0.2, 0.25) is 10.0 Å².